The summed E-state index contributed by atoms with van der Waals surface area (Å²) < 4.78 is 5.03. The van der Waals surface area contributed by atoms with Crippen LogP contribution in [-0.2, 0) is 27.2 Å². The van der Waals surface area contributed by atoms with Gasteiger partial charge >= 0.3 is 5.97 Å². The monoisotopic (exact) mass is 350 g/mol. The number of fused-ring (bicyclic) bond motifs is 1. The molecule has 1 heterocycles. The largest absolute Gasteiger partial charge is 0.456 e. The van der Waals surface area contributed by atoms with E-state index >= 15 is 0 Å². The number of H-pyrrole nitrogens is 1. The molecule has 0 aliphatic carbocycles. The number of hydrogen-bond acceptors (Lipinski definition) is 3. The molecule has 5 heteroatoms. The minimum Gasteiger partial charge on any atom is -0.456 e. The van der Waals surface area contributed by atoms with Crippen LogP contribution in [0.5, 0.6) is 0 Å². The number of para-hydroxylation sites is 1. The van der Waals surface area contributed by atoms with E-state index in [0.717, 1.165) is 28.5 Å². The average Bonchev–Trinajstić information content (AvgIpc) is 3.09. The molecule has 2 aromatic carbocycles. The highest BCUT2D eigenvalue weighted by Gasteiger charge is 2.08. The van der Waals surface area contributed by atoms with Gasteiger partial charge in [0, 0.05) is 30.1 Å². The molecule has 0 atom stereocenters. The van der Waals surface area contributed by atoms with Gasteiger partial charge in [0.2, 0.25) is 0 Å². The second kappa shape index (κ2) is 8.85. The van der Waals surface area contributed by atoms with E-state index in [-0.39, 0.29) is 24.9 Å². The zero-order valence-electron chi connectivity index (χ0n) is 14.5. The Balaban J connectivity index is 1.34. The molecule has 26 heavy (non-hydrogen) atoms. The van der Waals surface area contributed by atoms with Crippen molar-refractivity contribution >= 4 is 22.8 Å². The van der Waals surface area contributed by atoms with Crippen LogP contribution in [-0.4, -0.2) is 30.0 Å². The third-order valence-electron chi connectivity index (χ3n) is 4.22. The summed E-state index contributed by atoms with van der Waals surface area (Å²) in [6.07, 6.45) is 3.56. The van der Waals surface area contributed by atoms with Crippen LogP contribution in [0.4, 0.5) is 0 Å². The maximum absolute atomic E-state index is 11.8. The molecule has 3 rings (SSSR count). The van der Waals surface area contributed by atoms with Crippen LogP contribution >= 0.6 is 0 Å². The van der Waals surface area contributed by atoms with Crippen molar-refractivity contribution in [3.63, 3.8) is 0 Å². The van der Waals surface area contributed by atoms with Crippen LogP contribution in [0.1, 0.15) is 17.5 Å². The van der Waals surface area contributed by atoms with Gasteiger partial charge in [-0.15, -0.1) is 0 Å². The van der Waals surface area contributed by atoms with Gasteiger partial charge in [0.25, 0.3) is 5.91 Å². The molecule has 0 spiro atoms. The fourth-order valence-corrected chi connectivity index (χ4v) is 2.84. The van der Waals surface area contributed by atoms with Gasteiger partial charge in [0.1, 0.15) is 0 Å². The van der Waals surface area contributed by atoms with Gasteiger partial charge in [-0.2, -0.15) is 0 Å². The Morgan fingerprint density at radius 3 is 2.58 bits per heavy atom. The molecule has 0 unspecified atom stereocenters. The number of carbonyl (C=O) groups excluding carboxylic acids is 2. The molecule has 1 aromatic heterocycles. The Bertz CT molecular complexity index is 871. The minimum absolute atomic E-state index is 0.235. The third-order valence-corrected chi connectivity index (χ3v) is 4.22. The Kier molecular flexibility index (Phi) is 6.04. The highest BCUT2D eigenvalue weighted by Crippen LogP contribution is 2.17. The molecule has 134 valence electrons. The lowest BCUT2D eigenvalue weighted by Gasteiger charge is -2.06. The van der Waals surface area contributed by atoms with Crippen LogP contribution in [0.15, 0.2) is 60.8 Å². The van der Waals surface area contributed by atoms with E-state index in [4.69, 9.17) is 4.74 Å². The van der Waals surface area contributed by atoms with Gasteiger partial charge in [0.05, 0.1) is 0 Å². The number of ether oxygens (including phenoxy) is 1. The zero-order valence-corrected chi connectivity index (χ0v) is 14.5. The van der Waals surface area contributed by atoms with Crippen molar-refractivity contribution in [1.82, 2.24) is 10.3 Å². The third kappa shape index (κ3) is 4.96. The summed E-state index contributed by atoms with van der Waals surface area (Å²) in [6, 6.07) is 17.8. The van der Waals surface area contributed by atoms with Crippen molar-refractivity contribution in [3.8, 4) is 0 Å². The Morgan fingerprint density at radius 2 is 1.73 bits per heavy atom. The van der Waals surface area contributed by atoms with Gasteiger partial charge < -0.3 is 15.0 Å². The van der Waals surface area contributed by atoms with E-state index in [1.54, 1.807) is 0 Å². The first kappa shape index (κ1) is 17.7. The Labute approximate surface area is 152 Å². The number of amides is 1. The number of aromatic nitrogens is 1. The number of carbonyl (C=O) groups is 2. The topological polar surface area (TPSA) is 71.2 Å². The van der Waals surface area contributed by atoms with Gasteiger partial charge in [-0.3, -0.25) is 9.59 Å². The van der Waals surface area contributed by atoms with Crippen LogP contribution in [0, 0.1) is 0 Å². The van der Waals surface area contributed by atoms with Crippen molar-refractivity contribution in [1.29, 1.82) is 0 Å². The van der Waals surface area contributed by atoms with E-state index in [1.807, 2.05) is 54.7 Å². The maximum atomic E-state index is 11.8. The summed E-state index contributed by atoms with van der Waals surface area (Å²) >= 11 is 0. The number of aromatic amines is 1. The number of esters is 1. The molecule has 2 N–H and O–H groups in total. The lowest BCUT2D eigenvalue weighted by Crippen LogP contribution is -2.30. The van der Waals surface area contributed by atoms with Crippen molar-refractivity contribution < 1.29 is 14.3 Å². The molecule has 5 nitrogen and oxygen atoms in total. The molecule has 0 aliphatic heterocycles. The quantitative estimate of drug-likeness (QED) is 0.614. The number of nitrogens with one attached hydrogen (secondary N) is 2. The summed E-state index contributed by atoms with van der Waals surface area (Å²) in [7, 11) is 0. The van der Waals surface area contributed by atoms with Gasteiger partial charge in [0.15, 0.2) is 6.61 Å². The molecule has 0 aliphatic rings. The molecular formula is C21H22N2O3. The van der Waals surface area contributed by atoms with E-state index in [0.29, 0.717) is 13.0 Å². The van der Waals surface area contributed by atoms with E-state index in [1.165, 1.54) is 0 Å². The number of benzene rings is 2. The SMILES string of the molecule is O=C(COC(=O)CCc1ccccc1)NCCc1c[nH]c2ccccc12. The summed E-state index contributed by atoms with van der Waals surface area (Å²) in [5, 5.41) is 3.95. The number of hydrogen-bond donors (Lipinski definition) is 2. The highest BCUT2D eigenvalue weighted by atomic mass is 16.5. The van der Waals surface area contributed by atoms with Crippen LogP contribution in [0.3, 0.4) is 0 Å². The second-order valence-corrected chi connectivity index (χ2v) is 6.11. The summed E-state index contributed by atoms with van der Waals surface area (Å²) in [5.41, 5.74) is 3.31. The smallest absolute Gasteiger partial charge is 0.306 e. The normalized spacial score (nSPS) is 10.6. The summed E-state index contributed by atoms with van der Waals surface area (Å²) in [5.74, 6) is -0.640. The predicted molar refractivity (Wildman–Crippen MR) is 101 cm³/mol. The van der Waals surface area contributed by atoms with Crippen LogP contribution in [0.25, 0.3) is 10.9 Å². The second-order valence-electron chi connectivity index (χ2n) is 6.11. The van der Waals surface area contributed by atoms with Gasteiger partial charge in [-0.1, -0.05) is 48.5 Å². The first-order valence-corrected chi connectivity index (χ1v) is 8.73. The molecule has 0 bridgehead atoms. The maximum Gasteiger partial charge on any atom is 0.306 e. The van der Waals surface area contributed by atoms with Crippen molar-refractivity contribution in [2.45, 2.75) is 19.3 Å². The summed E-state index contributed by atoms with van der Waals surface area (Å²) in [6.45, 7) is 0.268. The highest BCUT2D eigenvalue weighted by molar-refractivity contribution is 5.83. The molecule has 0 saturated carbocycles. The average molecular weight is 350 g/mol. The molecule has 1 amide bonds. The van der Waals surface area contributed by atoms with Gasteiger partial charge in [-0.25, -0.2) is 0 Å². The molecule has 0 radical (unpaired) electrons. The fourth-order valence-electron chi connectivity index (χ4n) is 2.84. The number of aryl methyl sites for hydroxylation is 1. The summed E-state index contributed by atoms with van der Waals surface area (Å²) in [4.78, 5) is 26.8. The zero-order chi connectivity index (χ0) is 18.2. The number of rotatable bonds is 8. The minimum atomic E-state index is -0.361. The first-order valence-electron chi connectivity index (χ1n) is 8.73. The van der Waals surface area contributed by atoms with Gasteiger partial charge in [-0.05, 0) is 30.0 Å². The predicted octanol–water partition coefficient (Wildman–Crippen LogP) is 3.00. The molecular weight excluding hydrogens is 328 g/mol. The fraction of sp³-hybridized carbons (Fsp3) is 0.238. The Hall–Kier alpha value is -3.08. The van der Waals surface area contributed by atoms with E-state index < -0.39 is 0 Å². The van der Waals surface area contributed by atoms with Crippen molar-refractivity contribution in [3.05, 3.63) is 71.9 Å². The lowest BCUT2D eigenvalue weighted by molar-refractivity contribution is -0.148. The molecule has 0 fully saturated rings. The van der Waals surface area contributed by atoms with Crippen LogP contribution < -0.4 is 5.32 Å². The van der Waals surface area contributed by atoms with E-state index in [2.05, 4.69) is 16.4 Å². The molecule has 3 aromatic rings. The van der Waals surface area contributed by atoms with Crippen molar-refractivity contribution in [2.75, 3.05) is 13.2 Å². The van der Waals surface area contributed by atoms with Crippen LogP contribution in [0.2, 0.25) is 0 Å². The standard InChI is InChI=1S/C21H22N2O3/c24-20(15-26-21(25)11-10-16-6-2-1-3-7-16)22-13-12-17-14-23-19-9-5-4-8-18(17)19/h1-9,14,23H,10-13,15H2,(H,22,24). The van der Waals surface area contributed by atoms with E-state index in [9.17, 15) is 9.59 Å². The Morgan fingerprint density at radius 1 is 0.962 bits per heavy atom. The van der Waals surface area contributed by atoms with Crippen molar-refractivity contribution in [2.24, 2.45) is 0 Å². The first-order chi connectivity index (χ1) is 12.7. The molecule has 0 saturated heterocycles. The lowest BCUT2D eigenvalue weighted by atomic mass is 10.1.